The monoisotopic (exact) mass is 298 g/mol. The first kappa shape index (κ1) is 15.0. The molecule has 2 rings (SSSR count). The first-order valence-corrected chi connectivity index (χ1v) is 8.21. The molecule has 0 bridgehead atoms. The summed E-state index contributed by atoms with van der Waals surface area (Å²) in [5.41, 5.74) is 5.99. The Hall–Kier alpha value is -1.44. The van der Waals surface area contributed by atoms with Crippen LogP contribution in [-0.2, 0) is 14.6 Å². The highest BCUT2D eigenvalue weighted by Crippen LogP contribution is 2.16. The number of hydrogen-bond acceptors (Lipinski definition) is 5. The maximum absolute atomic E-state index is 12.5. The van der Waals surface area contributed by atoms with E-state index in [4.69, 9.17) is 10.5 Å². The van der Waals surface area contributed by atoms with Crippen LogP contribution in [0, 0.1) is 0 Å². The molecule has 6 nitrogen and oxygen atoms in total. The van der Waals surface area contributed by atoms with Crippen molar-refractivity contribution >= 4 is 15.7 Å². The van der Waals surface area contributed by atoms with E-state index in [9.17, 15) is 13.2 Å². The van der Waals surface area contributed by atoms with Crippen LogP contribution in [0.4, 0.5) is 0 Å². The average molecular weight is 298 g/mol. The third kappa shape index (κ3) is 3.17. The Labute approximate surface area is 118 Å². The quantitative estimate of drug-likeness (QED) is 0.841. The van der Waals surface area contributed by atoms with Gasteiger partial charge in [-0.25, -0.2) is 8.42 Å². The zero-order chi connectivity index (χ0) is 14.8. The summed E-state index contributed by atoms with van der Waals surface area (Å²) < 4.78 is 28.4. The molecular weight excluding hydrogens is 280 g/mol. The molecule has 0 saturated carbocycles. The second kappa shape index (κ2) is 5.90. The fraction of sp³-hybridized carbons (Fsp3) is 0.462. The number of benzene rings is 1. The Morgan fingerprint density at radius 1 is 1.50 bits per heavy atom. The van der Waals surface area contributed by atoms with Gasteiger partial charge in [-0.1, -0.05) is 6.07 Å². The molecule has 20 heavy (non-hydrogen) atoms. The molecule has 1 atom stereocenters. The van der Waals surface area contributed by atoms with Gasteiger partial charge in [-0.2, -0.15) is 0 Å². The number of carbonyl (C=O) groups excluding carboxylic acids is 1. The molecule has 0 aromatic heterocycles. The third-order valence-electron chi connectivity index (χ3n) is 3.27. The lowest BCUT2D eigenvalue weighted by Gasteiger charge is -2.35. The van der Waals surface area contributed by atoms with Crippen molar-refractivity contribution in [3.8, 4) is 0 Å². The lowest BCUT2D eigenvalue weighted by Crippen LogP contribution is -2.52. The molecule has 1 aliphatic heterocycles. The van der Waals surface area contributed by atoms with Crippen LogP contribution in [0.3, 0.4) is 0 Å². The van der Waals surface area contributed by atoms with Crippen molar-refractivity contribution in [1.82, 2.24) is 4.90 Å². The van der Waals surface area contributed by atoms with E-state index >= 15 is 0 Å². The molecule has 1 heterocycles. The van der Waals surface area contributed by atoms with Crippen molar-refractivity contribution in [2.45, 2.75) is 10.9 Å². The van der Waals surface area contributed by atoms with E-state index < -0.39 is 9.84 Å². The van der Waals surface area contributed by atoms with E-state index in [1.165, 1.54) is 12.1 Å². The summed E-state index contributed by atoms with van der Waals surface area (Å²) in [6, 6.07) is 5.90. The van der Waals surface area contributed by atoms with Crippen molar-refractivity contribution in [3.05, 3.63) is 29.8 Å². The van der Waals surface area contributed by atoms with Gasteiger partial charge >= 0.3 is 0 Å². The lowest BCUT2D eigenvalue weighted by atomic mass is 10.1. The van der Waals surface area contributed by atoms with Crippen molar-refractivity contribution in [3.63, 3.8) is 0 Å². The molecule has 1 aromatic rings. The van der Waals surface area contributed by atoms with Crippen LogP contribution in [0.15, 0.2) is 29.2 Å². The zero-order valence-corrected chi connectivity index (χ0v) is 12.1. The number of morpholine rings is 1. The van der Waals surface area contributed by atoms with E-state index in [1.54, 1.807) is 17.0 Å². The SMILES string of the molecule is CS(=O)(=O)c1cccc(C(=O)N2CCOCC2CN)c1. The maximum Gasteiger partial charge on any atom is 0.254 e. The predicted octanol–water partition coefficient (Wildman–Crippen LogP) is -0.110. The topological polar surface area (TPSA) is 89.7 Å². The fourth-order valence-electron chi connectivity index (χ4n) is 2.14. The molecule has 1 aromatic carbocycles. The van der Waals surface area contributed by atoms with Gasteiger partial charge in [-0.05, 0) is 18.2 Å². The Balaban J connectivity index is 2.29. The van der Waals surface area contributed by atoms with Crippen LogP contribution >= 0.6 is 0 Å². The minimum Gasteiger partial charge on any atom is -0.377 e. The van der Waals surface area contributed by atoms with Gasteiger partial charge in [0, 0.05) is 24.9 Å². The highest BCUT2D eigenvalue weighted by Gasteiger charge is 2.27. The summed E-state index contributed by atoms with van der Waals surface area (Å²) in [4.78, 5) is 14.3. The molecule has 110 valence electrons. The van der Waals surface area contributed by atoms with Gasteiger partial charge < -0.3 is 15.4 Å². The van der Waals surface area contributed by atoms with Gasteiger partial charge in [0.15, 0.2) is 9.84 Å². The minimum absolute atomic E-state index is 0.140. The number of amides is 1. The minimum atomic E-state index is -3.33. The standard InChI is InChI=1S/C13H18N2O4S/c1-20(17,18)12-4-2-3-10(7-12)13(16)15-5-6-19-9-11(15)8-14/h2-4,7,11H,5-6,8-9,14H2,1H3. The molecule has 0 aliphatic carbocycles. The number of hydrogen-bond donors (Lipinski definition) is 1. The van der Waals surface area contributed by atoms with Gasteiger partial charge in [-0.15, -0.1) is 0 Å². The molecule has 1 amide bonds. The summed E-state index contributed by atoms with van der Waals surface area (Å²) >= 11 is 0. The molecule has 1 unspecified atom stereocenters. The molecule has 7 heteroatoms. The van der Waals surface area contributed by atoms with Crippen LogP contribution in [0.2, 0.25) is 0 Å². The zero-order valence-electron chi connectivity index (χ0n) is 11.3. The summed E-state index contributed by atoms with van der Waals surface area (Å²) in [5, 5.41) is 0. The molecule has 1 aliphatic rings. The summed E-state index contributed by atoms with van der Waals surface area (Å²) in [6.45, 7) is 1.66. The van der Waals surface area contributed by atoms with E-state index in [0.29, 0.717) is 31.9 Å². The first-order chi connectivity index (χ1) is 9.43. The van der Waals surface area contributed by atoms with Crippen LogP contribution in [-0.4, -0.2) is 57.8 Å². The Morgan fingerprint density at radius 3 is 2.90 bits per heavy atom. The average Bonchev–Trinajstić information content (AvgIpc) is 2.45. The molecule has 1 saturated heterocycles. The molecule has 2 N–H and O–H groups in total. The Morgan fingerprint density at radius 2 is 2.25 bits per heavy atom. The number of nitrogens with two attached hydrogens (primary N) is 1. The van der Waals surface area contributed by atoms with E-state index in [0.717, 1.165) is 6.26 Å². The van der Waals surface area contributed by atoms with Crippen LogP contribution in [0.25, 0.3) is 0 Å². The normalized spacial score (nSPS) is 19.9. The Bertz CT molecular complexity index is 600. The van der Waals surface area contributed by atoms with Crippen LogP contribution in [0.1, 0.15) is 10.4 Å². The Kier molecular flexibility index (Phi) is 4.42. The highest BCUT2D eigenvalue weighted by atomic mass is 32.2. The molecular formula is C13H18N2O4S. The maximum atomic E-state index is 12.5. The van der Waals surface area contributed by atoms with Crippen LogP contribution in [0.5, 0.6) is 0 Å². The van der Waals surface area contributed by atoms with E-state index in [1.807, 2.05) is 0 Å². The molecule has 0 radical (unpaired) electrons. The fourth-order valence-corrected chi connectivity index (χ4v) is 2.81. The van der Waals surface area contributed by atoms with Crippen LogP contribution < -0.4 is 5.73 Å². The van der Waals surface area contributed by atoms with Crippen molar-refractivity contribution in [2.24, 2.45) is 5.73 Å². The van der Waals surface area contributed by atoms with Gasteiger partial charge in [0.2, 0.25) is 0 Å². The smallest absolute Gasteiger partial charge is 0.254 e. The van der Waals surface area contributed by atoms with Crippen molar-refractivity contribution in [1.29, 1.82) is 0 Å². The first-order valence-electron chi connectivity index (χ1n) is 6.32. The molecule has 1 fully saturated rings. The van der Waals surface area contributed by atoms with Gasteiger partial charge in [0.05, 0.1) is 24.2 Å². The largest absolute Gasteiger partial charge is 0.377 e. The number of carbonyl (C=O) groups is 1. The van der Waals surface area contributed by atoms with Gasteiger partial charge in [0.25, 0.3) is 5.91 Å². The number of rotatable bonds is 3. The summed E-state index contributed by atoms with van der Waals surface area (Å²) in [5.74, 6) is -0.214. The van der Waals surface area contributed by atoms with E-state index in [2.05, 4.69) is 0 Å². The second-order valence-corrected chi connectivity index (χ2v) is 6.78. The number of nitrogens with zero attached hydrogens (tertiary/aromatic N) is 1. The summed E-state index contributed by atoms with van der Waals surface area (Å²) in [7, 11) is -3.33. The summed E-state index contributed by atoms with van der Waals surface area (Å²) in [6.07, 6.45) is 1.12. The van der Waals surface area contributed by atoms with Gasteiger partial charge in [-0.3, -0.25) is 4.79 Å². The lowest BCUT2D eigenvalue weighted by molar-refractivity contribution is 0.000826. The number of sulfone groups is 1. The third-order valence-corrected chi connectivity index (χ3v) is 4.38. The van der Waals surface area contributed by atoms with Crippen molar-refractivity contribution < 1.29 is 17.9 Å². The van der Waals surface area contributed by atoms with Crippen molar-refractivity contribution in [2.75, 3.05) is 32.6 Å². The van der Waals surface area contributed by atoms with Gasteiger partial charge in [0.1, 0.15) is 0 Å². The highest BCUT2D eigenvalue weighted by molar-refractivity contribution is 7.90. The predicted molar refractivity (Wildman–Crippen MR) is 74.2 cm³/mol. The van der Waals surface area contributed by atoms with E-state index in [-0.39, 0.29) is 16.8 Å². The molecule has 0 spiro atoms. The second-order valence-electron chi connectivity index (χ2n) is 4.76. The number of ether oxygens (including phenoxy) is 1.